The lowest BCUT2D eigenvalue weighted by molar-refractivity contribution is 0.293. The standard InChI is InChI=1S/C25H25N5O/c1-3-28(4-2)14-15-29-22-13-9-8-12-19(22)23(31)20-16-21-25(27-24(20)29)30(17-26-21)18-10-6-5-7-11-18/h5-13,16-17H,3-4,14-15H2,1-2H3. The third-order valence-electron chi connectivity index (χ3n) is 6.01. The fourth-order valence-corrected chi connectivity index (χ4v) is 4.25. The highest BCUT2D eigenvalue weighted by Gasteiger charge is 2.16. The molecule has 3 heterocycles. The number of imidazole rings is 1. The second kappa shape index (κ2) is 7.96. The number of likely N-dealkylation sites (N-methyl/N-ethyl adjacent to an activating group) is 1. The summed E-state index contributed by atoms with van der Waals surface area (Å²) in [5.74, 6) is 0. The molecule has 0 atom stereocenters. The van der Waals surface area contributed by atoms with Crippen LogP contribution >= 0.6 is 0 Å². The molecule has 6 heteroatoms. The molecule has 0 unspecified atom stereocenters. The normalized spacial score (nSPS) is 11.8. The summed E-state index contributed by atoms with van der Waals surface area (Å²) in [6.45, 7) is 7.98. The van der Waals surface area contributed by atoms with Gasteiger partial charge in [-0.1, -0.05) is 44.2 Å². The van der Waals surface area contributed by atoms with Gasteiger partial charge in [-0.15, -0.1) is 0 Å². The van der Waals surface area contributed by atoms with Crippen LogP contribution in [-0.2, 0) is 6.54 Å². The molecule has 156 valence electrons. The van der Waals surface area contributed by atoms with Crippen molar-refractivity contribution in [1.29, 1.82) is 0 Å². The van der Waals surface area contributed by atoms with Gasteiger partial charge in [-0.25, -0.2) is 9.97 Å². The smallest absolute Gasteiger partial charge is 0.198 e. The summed E-state index contributed by atoms with van der Waals surface area (Å²) in [5.41, 5.74) is 4.11. The molecule has 0 aliphatic heterocycles. The van der Waals surface area contributed by atoms with Crippen molar-refractivity contribution in [2.45, 2.75) is 20.4 Å². The molecule has 0 aliphatic rings. The van der Waals surface area contributed by atoms with Crippen molar-refractivity contribution in [3.8, 4) is 5.69 Å². The molecule has 0 amide bonds. The van der Waals surface area contributed by atoms with Crippen molar-refractivity contribution in [1.82, 2.24) is 24.0 Å². The summed E-state index contributed by atoms with van der Waals surface area (Å²) in [7, 11) is 0. The van der Waals surface area contributed by atoms with E-state index in [1.54, 1.807) is 6.33 Å². The highest BCUT2D eigenvalue weighted by Crippen LogP contribution is 2.23. The zero-order valence-electron chi connectivity index (χ0n) is 17.8. The quantitative estimate of drug-likeness (QED) is 0.393. The Kier molecular flexibility index (Phi) is 5.00. The van der Waals surface area contributed by atoms with E-state index in [-0.39, 0.29) is 5.43 Å². The maximum absolute atomic E-state index is 13.3. The van der Waals surface area contributed by atoms with E-state index in [2.05, 4.69) is 28.3 Å². The molecule has 0 spiro atoms. The van der Waals surface area contributed by atoms with Gasteiger partial charge < -0.3 is 9.47 Å². The summed E-state index contributed by atoms with van der Waals surface area (Å²) >= 11 is 0. The van der Waals surface area contributed by atoms with Crippen molar-refractivity contribution in [2.75, 3.05) is 19.6 Å². The maximum Gasteiger partial charge on any atom is 0.198 e. The van der Waals surface area contributed by atoms with Gasteiger partial charge in [-0.3, -0.25) is 9.36 Å². The molecule has 0 aliphatic carbocycles. The largest absolute Gasteiger partial charge is 0.324 e. The first kappa shape index (κ1) is 19.5. The van der Waals surface area contributed by atoms with Crippen LogP contribution in [0.5, 0.6) is 0 Å². The second-order valence-corrected chi connectivity index (χ2v) is 7.68. The minimum absolute atomic E-state index is 0.00773. The minimum Gasteiger partial charge on any atom is -0.324 e. The third kappa shape index (κ3) is 3.29. The minimum atomic E-state index is 0.00773. The molecule has 0 saturated heterocycles. The van der Waals surface area contributed by atoms with Crippen LogP contribution in [0, 0.1) is 0 Å². The summed E-state index contributed by atoms with van der Waals surface area (Å²) < 4.78 is 4.16. The van der Waals surface area contributed by atoms with Gasteiger partial charge in [0, 0.05) is 24.2 Å². The van der Waals surface area contributed by atoms with E-state index in [1.807, 2.05) is 65.2 Å². The lowest BCUT2D eigenvalue weighted by Crippen LogP contribution is -2.28. The van der Waals surface area contributed by atoms with E-state index in [0.717, 1.165) is 53.9 Å². The zero-order chi connectivity index (χ0) is 21.4. The molecular weight excluding hydrogens is 386 g/mol. The van der Waals surface area contributed by atoms with Crippen molar-refractivity contribution in [3.63, 3.8) is 0 Å². The highest BCUT2D eigenvalue weighted by atomic mass is 16.1. The van der Waals surface area contributed by atoms with Crippen molar-refractivity contribution < 1.29 is 0 Å². The predicted octanol–water partition coefficient (Wildman–Crippen LogP) is 4.23. The van der Waals surface area contributed by atoms with Crippen LogP contribution in [0.25, 0.3) is 38.8 Å². The first-order valence-corrected chi connectivity index (χ1v) is 10.8. The van der Waals surface area contributed by atoms with E-state index in [4.69, 9.17) is 4.98 Å². The SMILES string of the molecule is CCN(CC)CCn1c2ccccc2c(=O)c2cc3ncn(-c4ccccc4)c3nc21. The topological polar surface area (TPSA) is 56.0 Å². The molecule has 0 saturated carbocycles. The lowest BCUT2D eigenvalue weighted by atomic mass is 10.1. The average Bonchev–Trinajstić information content (AvgIpc) is 3.24. The highest BCUT2D eigenvalue weighted by molar-refractivity contribution is 5.96. The molecule has 6 nitrogen and oxygen atoms in total. The molecular formula is C25H25N5O. The van der Waals surface area contributed by atoms with Gasteiger partial charge in [0.05, 0.1) is 10.9 Å². The summed E-state index contributed by atoms with van der Waals surface area (Å²) in [6.07, 6.45) is 1.77. The molecule has 3 aromatic heterocycles. The van der Waals surface area contributed by atoms with Gasteiger partial charge in [0.2, 0.25) is 0 Å². The number of hydrogen-bond donors (Lipinski definition) is 0. The zero-order valence-corrected chi connectivity index (χ0v) is 17.8. The fraction of sp³-hybridized carbons (Fsp3) is 0.240. The van der Waals surface area contributed by atoms with Crippen molar-refractivity contribution >= 4 is 33.1 Å². The Morgan fingerprint density at radius 1 is 0.903 bits per heavy atom. The molecule has 0 fully saturated rings. The number of pyridine rings is 2. The van der Waals surface area contributed by atoms with E-state index >= 15 is 0 Å². The molecule has 0 N–H and O–H groups in total. The Hall–Kier alpha value is -3.51. The first-order valence-electron chi connectivity index (χ1n) is 10.8. The van der Waals surface area contributed by atoms with E-state index < -0.39 is 0 Å². The maximum atomic E-state index is 13.3. The van der Waals surface area contributed by atoms with Crippen LogP contribution in [0.4, 0.5) is 0 Å². The van der Waals surface area contributed by atoms with Gasteiger partial charge >= 0.3 is 0 Å². The number of nitrogens with zero attached hydrogens (tertiary/aromatic N) is 5. The van der Waals surface area contributed by atoms with E-state index in [1.165, 1.54) is 0 Å². The summed E-state index contributed by atoms with van der Waals surface area (Å²) in [5, 5.41) is 1.34. The van der Waals surface area contributed by atoms with E-state index in [9.17, 15) is 4.79 Å². The predicted molar refractivity (Wildman–Crippen MR) is 126 cm³/mol. The fourth-order valence-electron chi connectivity index (χ4n) is 4.25. The Balaban J connectivity index is 1.80. The monoisotopic (exact) mass is 411 g/mol. The lowest BCUT2D eigenvalue weighted by Gasteiger charge is -2.21. The summed E-state index contributed by atoms with van der Waals surface area (Å²) in [6, 6.07) is 19.7. The third-order valence-corrected chi connectivity index (χ3v) is 6.01. The Bertz CT molecular complexity index is 1430. The van der Waals surface area contributed by atoms with E-state index in [0.29, 0.717) is 11.0 Å². The van der Waals surface area contributed by atoms with Crippen LogP contribution in [0.15, 0.2) is 71.8 Å². The molecule has 31 heavy (non-hydrogen) atoms. The van der Waals surface area contributed by atoms with Crippen LogP contribution in [0.1, 0.15) is 13.8 Å². The van der Waals surface area contributed by atoms with Gasteiger partial charge in [-0.2, -0.15) is 0 Å². The number of para-hydroxylation sites is 2. The average molecular weight is 412 g/mol. The number of rotatable bonds is 6. The van der Waals surface area contributed by atoms with Gasteiger partial charge in [0.1, 0.15) is 17.5 Å². The summed E-state index contributed by atoms with van der Waals surface area (Å²) in [4.78, 5) is 25.2. The number of fused-ring (bicyclic) bond motifs is 3. The van der Waals surface area contributed by atoms with Crippen molar-refractivity contribution in [2.24, 2.45) is 0 Å². The van der Waals surface area contributed by atoms with Crippen molar-refractivity contribution in [3.05, 3.63) is 77.2 Å². The van der Waals surface area contributed by atoms with Crippen LogP contribution in [0.3, 0.4) is 0 Å². The van der Waals surface area contributed by atoms with Gasteiger partial charge in [0.25, 0.3) is 0 Å². The number of benzene rings is 2. The second-order valence-electron chi connectivity index (χ2n) is 7.68. The molecule has 0 bridgehead atoms. The Morgan fingerprint density at radius 3 is 2.42 bits per heavy atom. The van der Waals surface area contributed by atoms with Crippen LogP contribution < -0.4 is 5.43 Å². The molecule has 5 rings (SSSR count). The Labute approximate surface area is 180 Å². The van der Waals surface area contributed by atoms with Gasteiger partial charge in [-0.05, 0) is 43.4 Å². The number of aromatic nitrogens is 4. The van der Waals surface area contributed by atoms with Crippen LogP contribution in [-0.4, -0.2) is 43.6 Å². The Morgan fingerprint density at radius 2 is 1.65 bits per heavy atom. The first-order chi connectivity index (χ1) is 15.2. The molecule has 2 aromatic carbocycles. The van der Waals surface area contributed by atoms with Crippen LogP contribution in [0.2, 0.25) is 0 Å². The van der Waals surface area contributed by atoms with Gasteiger partial charge in [0.15, 0.2) is 11.1 Å². The molecule has 5 aromatic rings. The number of hydrogen-bond acceptors (Lipinski definition) is 4. The molecule has 0 radical (unpaired) electrons.